The van der Waals surface area contributed by atoms with Crippen LogP contribution in [-0.2, 0) is 4.79 Å². The number of benzene rings is 2. The van der Waals surface area contributed by atoms with Crippen LogP contribution in [0.4, 0.5) is 0 Å². The van der Waals surface area contributed by atoms with E-state index in [1.807, 2.05) is 17.9 Å². The van der Waals surface area contributed by atoms with Gasteiger partial charge in [-0.15, -0.1) is 5.10 Å². The topological polar surface area (TPSA) is 88.0 Å². The van der Waals surface area contributed by atoms with Crippen molar-refractivity contribution in [3.63, 3.8) is 0 Å². The van der Waals surface area contributed by atoms with Crippen molar-refractivity contribution in [2.45, 2.75) is 31.5 Å². The molecule has 2 saturated heterocycles. The number of hydrogen-bond acceptors (Lipinski definition) is 6. The van der Waals surface area contributed by atoms with Crippen LogP contribution >= 0.6 is 0 Å². The first kappa shape index (κ1) is 18.9. The summed E-state index contributed by atoms with van der Waals surface area (Å²) < 4.78 is 1.51. The van der Waals surface area contributed by atoms with Crippen LogP contribution in [0.3, 0.4) is 0 Å². The Morgan fingerprint density at radius 3 is 2.57 bits per heavy atom. The molecule has 8 heteroatoms. The summed E-state index contributed by atoms with van der Waals surface area (Å²) in [4.78, 5) is 15.0. The van der Waals surface area contributed by atoms with Crippen molar-refractivity contribution >= 4 is 5.91 Å². The first-order valence-corrected chi connectivity index (χ1v) is 10.4. The number of carbonyl (C=O) groups excluding carboxylic acids is 1. The summed E-state index contributed by atoms with van der Waals surface area (Å²) >= 11 is 0. The van der Waals surface area contributed by atoms with Gasteiger partial charge < -0.3 is 4.90 Å². The molecular formula is C22H25N7O. The van der Waals surface area contributed by atoms with Gasteiger partial charge in [0.15, 0.2) is 0 Å². The normalized spacial score (nSPS) is 24.4. The van der Waals surface area contributed by atoms with Crippen LogP contribution in [-0.4, -0.2) is 50.1 Å². The SMILES string of the molecule is C[C@@H](C(=O)N1CCC2NNC(c3ccc(-c4ccccc4)cc3)C2C1)n1cnnn1. The van der Waals surface area contributed by atoms with Crippen LogP contribution in [0.2, 0.25) is 0 Å². The zero-order chi connectivity index (χ0) is 20.5. The monoisotopic (exact) mass is 403 g/mol. The summed E-state index contributed by atoms with van der Waals surface area (Å²) in [6.45, 7) is 3.29. The lowest BCUT2D eigenvalue weighted by Crippen LogP contribution is -2.49. The van der Waals surface area contributed by atoms with E-state index in [2.05, 4.69) is 74.9 Å². The van der Waals surface area contributed by atoms with Crippen molar-refractivity contribution in [1.82, 2.24) is 36.0 Å². The maximum absolute atomic E-state index is 13.0. The zero-order valence-electron chi connectivity index (χ0n) is 16.8. The van der Waals surface area contributed by atoms with Gasteiger partial charge in [0.25, 0.3) is 0 Å². The third kappa shape index (κ3) is 3.48. The molecule has 2 aliphatic heterocycles. The summed E-state index contributed by atoms with van der Waals surface area (Å²) in [5, 5.41) is 11.2. The van der Waals surface area contributed by atoms with Crippen molar-refractivity contribution in [3.8, 4) is 11.1 Å². The lowest BCUT2D eigenvalue weighted by Gasteiger charge is -2.37. The Morgan fingerprint density at radius 1 is 1.07 bits per heavy atom. The first-order chi connectivity index (χ1) is 14.7. The number of hydrogen-bond donors (Lipinski definition) is 2. The van der Waals surface area contributed by atoms with E-state index < -0.39 is 6.04 Å². The molecule has 3 heterocycles. The summed E-state index contributed by atoms with van der Waals surface area (Å²) in [7, 11) is 0. The van der Waals surface area contributed by atoms with Gasteiger partial charge in [-0.3, -0.25) is 10.2 Å². The van der Waals surface area contributed by atoms with Gasteiger partial charge in [0, 0.05) is 25.0 Å². The van der Waals surface area contributed by atoms with Crippen LogP contribution in [0.25, 0.3) is 11.1 Å². The highest BCUT2D eigenvalue weighted by Crippen LogP contribution is 2.35. The minimum absolute atomic E-state index is 0.0609. The summed E-state index contributed by atoms with van der Waals surface area (Å²) in [6, 6.07) is 19.2. The molecule has 3 aromatic rings. The molecule has 0 bridgehead atoms. The molecule has 2 fully saturated rings. The molecule has 30 heavy (non-hydrogen) atoms. The van der Waals surface area contributed by atoms with Gasteiger partial charge in [-0.25, -0.2) is 10.1 Å². The first-order valence-electron chi connectivity index (χ1n) is 10.4. The molecule has 1 aromatic heterocycles. The number of likely N-dealkylation sites (tertiary alicyclic amines) is 1. The Hall–Kier alpha value is -3.10. The zero-order valence-corrected chi connectivity index (χ0v) is 16.8. The number of amides is 1. The third-order valence-corrected chi connectivity index (χ3v) is 6.32. The largest absolute Gasteiger partial charge is 0.340 e. The highest BCUT2D eigenvalue weighted by Gasteiger charge is 2.42. The molecule has 2 aliphatic rings. The number of aromatic nitrogens is 4. The van der Waals surface area contributed by atoms with Crippen molar-refractivity contribution < 1.29 is 4.79 Å². The van der Waals surface area contributed by atoms with Gasteiger partial charge in [-0.05, 0) is 40.5 Å². The molecule has 2 aromatic carbocycles. The van der Waals surface area contributed by atoms with Crippen LogP contribution in [0, 0.1) is 5.92 Å². The highest BCUT2D eigenvalue weighted by atomic mass is 16.2. The summed E-state index contributed by atoms with van der Waals surface area (Å²) in [5.74, 6) is 0.372. The minimum atomic E-state index is -0.400. The highest BCUT2D eigenvalue weighted by molar-refractivity contribution is 5.80. The molecule has 0 spiro atoms. The number of nitrogens with one attached hydrogen (secondary N) is 2. The van der Waals surface area contributed by atoms with Gasteiger partial charge in [0.05, 0.1) is 6.04 Å². The number of hydrazine groups is 1. The molecule has 154 valence electrons. The molecular weight excluding hydrogens is 378 g/mol. The van der Waals surface area contributed by atoms with Crippen LogP contribution in [0.15, 0.2) is 60.9 Å². The number of piperidine rings is 1. The number of tetrazole rings is 1. The molecule has 0 radical (unpaired) electrons. The molecule has 5 rings (SSSR count). The lowest BCUT2D eigenvalue weighted by atomic mass is 9.84. The van der Waals surface area contributed by atoms with Crippen LogP contribution in [0.5, 0.6) is 0 Å². The Kier molecular flexibility index (Phi) is 5.02. The number of nitrogens with zero attached hydrogens (tertiary/aromatic N) is 5. The summed E-state index contributed by atoms with van der Waals surface area (Å²) in [6.07, 6.45) is 2.41. The third-order valence-electron chi connectivity index (χ3n) is 6.32. The Balaban J connectivity index is 1.31. The second-order valence-corrected chi connectivity index (χ2v) is 8.06. The second kappa shape index (κ2) is 7.97. The maximum Gasteiger partial charge on any atom is 0.247 e. The van der Waals surface area contributed by atoms with E-state index in [1.165, 1.54) is 27.7 Å². The van der Waals surface area contributed by atoms with Crippen molar-refractivity contribution in [1.29, 1.82) is 0 Å². The van der Waals surface area contributed by atoms with E-state index >= 15 is 0 Å². The molecule has 3 unspecified atom stereocenters. The Labute approximate surface area is 175 Å². The minimum Gasteiger partial charge on any atom is -0.340 e. The van der Waals surface area contributed by atoms with Gasteiger partial charge in [0.2, 0.25) is 5.91 Å². The summed E-state index contributed by atoms with van der Waals surface area (Å²) in [5.41, 5.74) is 10.6. The van der Waals surface area contributed by atoms with E-state index in [1.54, 1.807) is 0 Å². The molecule has 1 amide bonds. The molecule has 8 nitrogen and oxygen atoms in total. The molecule has 4 atom stereocenters. The number of rotatable bonds is 4. The Morgan fingerprint density at radius 2 is 1.83 bits per heavy atom. The lowest BCUT2D eigenvalue weighted by molar-refractivity contribution is -0.136. The van der Waals surface area contributed by atoms with E-state index in [0.717, 1.165) is 13.0 Å². The van der Waals surface area contributed by atoms with E-state index in [4.69, 9.17) is 0 Å². The fraction of sp³-hybridized carbons (Fsp3) is 0.364. The van der Waals surface area contributed by atoms with Gasteiger partial charge >= 0.3 is 0 Å². The quantitative estimate of drug-likeness (QED) is 0.693. The Bertz CT molecular complexity index is 990. The average molecular weight is 403 g/mol. The average Bonchev–Trinajstić information content (AvgIpc) is 3.49. The van der Waals surface area contributed by atoms with E-state index in [9.17, 15) is 4.79 Å². The van der Waals surface area contributed by atoms with Gasteiger partial charge in [0.1, 0.15) is 12.4 Å². The smallest absolute Gasteiger partial charge is 0.247 e. The number of fused-ring (bicyclic) bond motifs is 1. The fourth-order valence-electron chi connectivity index (χ4n) is 4.57. The predicted octanol–water partition coefficient (Wildman–Crippen LogP) is 1.97. The second-order valence-electron chi connectivity index (χ2n) is 8.06. The van der Waals surface area contributed by atoms with E-state index in [0.29, 0.717) is 18.5 Å². The molecule has 0 aliphatic carbocycles. The van der Waals surface area contributed by atoms with Crippen molar-refractivity contribution in [2.24, 2.45) is 5.92 Å². The van der Waals surface area contributed by atoms with Crippen LogP contribution < -0.4 is 10.9 Å². The molecule has 2 N–H and O–H groups in total. The van der Waals surface area contributed by atoms with Crippen LogP contribution in [0.1, 0.15) is 31.0 Å². The predicted molar refractivity (Wildman–Crippen MR) is 112 cm³/mol. The maximum atomic E-state index is 13.0. The number of carbonyl (C=O) groups is 1. The standard InChI is InChI=1S/C22H25N7O/c1-15(29-14-23-26-27-29)22(30)28-12-11-20-19(13-28)21(25-24-20)18-9-7-17(8-10-18)16-5-3-2-4-6-16/h2-10,14-15,19-21,24-25H,11-13H2,1H3/t15-,19?,20?,21?/m0/s1. The van der Waals surface area contributed by atoms with Crippen molar-refractivity contribution in [2.75, 3.05) is 13.1 Å². The fourth-order valence-corrected chi connectivity index (χ4v) is 4.57. The van der Waals surface area contributed by atoms with Crippen molar-refractivity contribution in [3.05, 3.63) is 66.5 Å². The molecule has 0 saturated carbocycles. The van der Waals surface area contributed by atoms with Gasteiger partial charge in [-0.1, -0.05) is 54.6 Å². The van der Waals surface area contributed by atoms with E-state index in [-0.39, 0.29) is 11.9 Å². The van der Waals surface area contributed by atoms with Gasteiger partial charge in [-0.2, -0.15) is 0 Å².